The number of likely N-dealkylation sites (N-methyl/N-ethyl adjacent to an activating group) is 1. The number of hydrogen-bond donors (Lipinski definition) is 2. The molecule has 5 heteroatoms. The fraction of sp³-hybridized carbons (Fsp3) is 0.700. The van der Waals surface area contributed by atoms with Crippen molar-refractivity contribution in [3.8, 4) is 0 Å². The number of rotatable bonds is 5. The molecule has 0 saturated heterocycles. The maximum Gasteiger partial charge on any atom is 0.0862 e. The Bertz CT molecular complexity index is 291. The van der Waals surface area contributed by atoms with Crippen molar-refractivity contribution in [2.75, 3.05) is 25.9 Å². The summed E-state index contributed by atoms with van der Waals surface area (Å²) >= 11 is 0. The molecule has 0 spiro atoms. The van der Waals surface area contributed by atoms with Gasteiger partial charge < -0.3 is 15.7 Å². The summed E-state index contributed by atoms with van der Waals surface area (Å²) in [4.78, 5) is 2.06. The smallest absolute Gasteiger partial charge is 0.0862 e. The van der Waals surface area contributed by atoms with Crippen molar-refractivity contribution in [2.45, 2.75) is 26.5 Å². The Morgan fingerprint density at radius 2 is 2.33 bits per heavy atom. The van der Waals surface area contributed by atoms with Gasteiger partial charge in [0.05, 0.1) is 24.0 Å². The molecule has 0 radical (unpaired) electrons. The second kappa shape index (κ2) is 5.14. The van der Waals surface area contributed by atoms with Gasteiger partial charge in [-0.1, -0.05) is 6.92 Å². The van der Waals surface area contributed by atoms with Crippen LogP contribution in [-0.2, 0) is 6.54 Å². The quantitative estimate of drug-likeness (QED) is 0.725. The topological polar surface area (TPSA) is 67.3 Å². The Hall–Kier alpha value is -1.07. The molecule has 0 aliphatic rings. The van der Waals surface area contributed by atoms with Crippen molar-refractivity contribution in [2.24, 2.45) is 0 Å². The average molecular weight is 212 g/mol. The number of nitrogens with two attached hydrogens (primary N) is 1. The normalized spacial score (nSPS) is 13.4. The van der Waals surface area contributed by atoms with Crippen LogP contribution >= 0.6 is 0 Å². The molecular weight excluding hydrogens is 192 g/mol. The van der Waals surface area contributed by atoms with Crippen LogP contribution in [0.2, 0.25) is 0 Å². The van der Waals surface area contributed by atoms with Gasteiger partial charge in [0.25, 0.3) is 0 Å². The van der Waals surface area contributed by atoms with Crippen LogP contribution in [0.3, 0.4) is 0 Å². The number of nitrogen functional groups attached to an aromatic ring is 1. The number of aliphatic hydroxyl groups is 1. The Morgan fingerprint density at radius 1 is 1.67 bits per heavy atom. The summed E-state index contributed by atoms with van der Waals surface area (Å²) in [6, 6.07) is 0. The lowest BCUT2D eigenvalue weighted by atomic mass is 10.3. The Morgan fingerprint density at radius 3 is 2.80 bits per heavy atom. The minimum atomic E-state index is -0.409. The molecule has 1 heterocycles. The molecule has 0 amide bonds. The Kier molecular flexibility index (Phi) is 4.11. The van der Waals surface area contributed by atoms with Crippen molar-refractivity contribution in [3.63, 3.8) is 0 Å². The summed E-state index contributed by atoms with van der Waals surface area (Å²) < 4.78 is 1.69. The number of nitrogens with zero attached hydrogens (tertiary/aromatic N) is 3. The molecule has 3 N–H and O–H groups in total. The first-order valence-corrected chi connectivity index (χ1v) is 5.19. The van der Waals surface area contributed by atoms with Crippen LogP contribution < -0.4 is 5.73 Å². The molecule has 0 aromatic carbocycles. The number of hydrogen-bond acceptors (Lipinski definition) is 4. The zero-order chi connectivity index (χ0) is 11.4. The van der Waals surface area contributed by atoms with Crippen molar-refractivity contribution in [1.29, 1.82) is 0 Å². The Labute approximate surface area is 90.5 Å². The van der Waals surface area contributed by atoms with Gasteiger partial charge in [-0.05, 0) is 20.5 Å². The molecule has 0 aliphatic carbocycles. The lowest BCUT2D eigenvalue weighted by Gasteiger charge is -2.18. The fourth-order valence-corrected chi connectivity index (χ4v) is 1.39. The van der Waals surface area contributed by atoms with Crippen LogP contribution in [0.4, 0.5) is 5.69 Å². The second-order valence-electron chi connectivity index (χ2n) is 3.90. The first-order valence-electron chi connectivity index (χ1n) is 5.19. The van der Waals surface area contributed by atoms with Crippen LogP contribution in [0, 0.1) is 6.92 Å². The summed E-state index contributed by atoms with van der Waals surface area (Å²) in [7, 11) is 1.98. The molecule has 0 fully saturated rings. The first kappa shape index (κ1) is 12.0. The summed E-state index contributed by atoms with van der Waals surface area (Å²) in [5, 5.41) is 14.0. The van der Waals surface area contributed by atoms with E-state index in [0.717, 1.165) is 12.2 Å². The molecule has 5 nitrogen and oxygen atoms in total. The number of anilines is 1. The molecule has 86 valence electrons. The highest BCUT2D eigenvalue weighted by molar-refractivity contribution is 5.39. The highest BCUT2D eigenvalue weighted by Gasteiger charge is 2.09. The van der Waals surface area contributed by atoms with E-state index in [0.29, 0.717) is 18.8 Å². The molecular formula is C10H20N4O. The van der Waals surface area contributed by atoms with Crippen molar-refractivity contribution >= 4 is 5.69 Å². The van der Waals surface area contributed by atoms with Gasteiger partial charge in [-0.15, -0.1) is 0 Å². The molecule has 0 saturated carbocycles. The van der Waals surface area contributed by atoms with E-state index in [1.54, 1.807) is 10.9 Å². The van der Waals surface area contributed by atoms with E-state index < -0.39 is 6.10 Å². The van der Waals surface area contributed by atoms with Crippen molar-refractivity contribution in [1.82, 2.24) is 14.7 Å². The van der Waals surface area contributed by atoms with Gasteiger partial charge in [0.15, 0.2) is 0 Å². The first-order chi connectivity index (χ1) is 7.02. The third kappa shape index (κ3) is 3.53. The van der Waals surface area contributed by atoms with Crippen LogP contribution in [-0.4, -0.2) is 46.0 Å². The van der Waals surface area contributed by atoms with E-state index in [4.69, 9.17) is 5.73 Å². The summed E-state index contributed by atoms with van der Waals surface area (Å²) in [5.74, 6) is 0. The molecule has 1 aromatic rings. The molecule has 0 aliphatic heterocycles. The summed E-state index contributed by atoms with van der Waals surface area (Å²) in [5.41, 5.74) is 7.15. The van der Waals surface area contributed by atoms with Crippen LogP contribution in [0.5, 0.6) is 0 Å². The minimum absolute atomic E-state index is 0.409. The van der Waals surface area contributed by atoms with Crippen LogP contribution in [0.15, 0.2) is 6.20 Å². The van der Waals surface area contributed by atoms with Crippen molar-refractivity contribution < 1.29 is 5.11 Å². The van der Waals surface area contributed by atoms with E-state index in [9.17, 15) is 5.11 Å². The molecule has 1 atom stereocenters. The van der Waals surface area contributed by atoms with Gasteiger partial charge >= 0.3 is 0 Å². The maximum atomic E-state index is 9.76. The molecule has 0 bridgehead atoms. The van der Waals surface area contributed by atoms with Crippen LogP contribution in [0.25, 0.3) is 0 Å². The average Bonchev–Trinajstić information content (AvgIpc) is 2.45. The zero-order valence-corrected chi connectivity index (χ0v) is 9.64. The van der Waals surface area contributed by atoms with E-state index in [1.807, 2.05) is 14.0 Å². The highest BCUT2D eigenvalue weighted by Crippen LogP contribution is 2.07. The third-order valence-corrected chi connectivity index (χ3v) is 2.44. The molecule has 15 heavy (non-hydrogen) atoms. The van der Waals surface area contributed by atoms with Crippen molar-refractivity contribution in [3.05, 3.63) is 11.9 Å². The summed E-state index contributed by atoms with van der Waals surface area (Å²) in [6.07, 6.45) is 1.35. The van der Waals surface area contributed by atoms with Gasteiger partial charge in [-0.3, -0.25) is 4.68 Å². The van der Waals surface area contributed by atoms with E-state index in [-0.39, 0.29) is 0 Å². The number of aliphatic hydroxyl groups excluding tert-OH is 1. The standard InChI is InChI=1S/C10H20N4O/c1-4-13(3)5-9(15)6-14-7-10(11)8(2)12-14/h7,9,15H,4-6,11H2,1-3H3. The fourth-order valence-electron chi connectivity index (χ4n) is 1.39. The van der Waals surface area contributed by atoms with Gasteiger partial charge in [-0.2, -0.15) is 5.10 Å². The number of aryl methyl sites for hydroxylation is 1. The maximum absolute atomic E-state index is 9.76. The monoisotopic (exact) mass is 212 g/mol. The van der Waals surface area contributed by atoms with E-state index in [1.165, 1.54) is 0 Å². The molecule has 1 rings (SSSR count). The largest absolute Gasteiger partial charge is 0.396 e. The molecule has 1 aromatic heterocycles. The second-order valence-corrected chi connectivity index (χ2v) is 3.90. The Balaban J connectivity index is 2.47. The minimum Gasteiger partial charge on any atom is -0.396 e. The van der Waals surface area contributed by atoms with Gasteiger partial charge in [-0.25, -0.2) is 0 Å². The molecule has 1 unspecified atom stereocenters. The van der Waals surface area contributed by atoms with Gasteiger partial charge in [0, 0.05) is 12.7 Å². The predicted octanol–water partition coefficient (Wildman–Crippen LogP) is 0.0863. The predicted molar refractivity (Wildman–Crippen MR) is 60.6 cm³/mol. The SMILES string of the molecule is CCN(C)CC(O)Cn1cc(N)c(C)n1. The summed E-state index contributed by atoms with van der Waals surface area (Å²) in [6.45, 7) is 5.98. The lowest BCUT2D eigenvalue weighted by molar-refractivity contribution is 0.108. The lowest BCUT2D eigenvalue weighted by Crippen LogP contribution is -2.32. The third-order valence-electron chi connectivity index (χ3n) is 2.44. The van der Waals surface area contributed by atoms with Crippen LogP contribution in [0.1, 0.15) is 12.6 Å². The van der Waals surface area contributed by atoms with Gasteiger partial charge in [0.1, 0.15) is 0 Å². The van der Waals surface area contributed by atoms with Gasteiger partial charge in [0.2, 0.25) is 0 Å². The van der Waals surface area contributed by atoms with E-state index in [2.05, 4.69) is 16.9 Å². The zero-order valence-electron chi connectivity index (χ0n) is 9.64. The number of aromatic nitrogens is 2. The van der Waals surface area contributed by atoms with E-state index >= 15 is 0 Å². The highest BCUT2D eigenvalue weighted by atomic mass is 16.3.